The van der Waals surface area contributed by atoms with Crippen LogP contribution in [0.2, 0.25) is 0 Å². The average molecular weight is 226 g/mol. The molecule has 0 atom stereocenters. The van der Waals surface area contributed by atoms with Crippen molar-refractivity contribution < 1.29 is 14.3 Å². The normalized spacial score (nSPS) is 11.2. The molecule has 0 aliphatic carbocycles. The summed E-state index contributed by atoms with van der Waals surface area (Å²) >= 11 is 0. The van der Waals surface area contributed by atoms with E-state index < -0.39 is 17.0 Å². The Morgan fingerprint density at radius 1 is 1.56 bits per heavy atom. The van der Waals surface area contributed by atoms with Gasteiger partial charge in [0.15, 0.2) is 11.6 Å². The third-order valence-corrected chi connectivity index (χ3v) is 2.33. The molecular formula is C11H15FN2O2. The van der Waals surface area contributed by atoms with Gasteiger partial charge in [-0.05, 0) is 26.0 Å². The number of phenolic OH excluding ortho intramolecular Hbond substituents is 1. The third kappa shape index (κ3) is 2.70. The van der Waals surface area contributed by atoms with Crippen molar-refractivity contribution in [1.82, 2.24) is 0 Å². The van der Waals surface area contributed by atoms with Crippen LogP contribution in [0.15, 0.2) is 18.2 Å². The van der Waals surface area contributed by atoms with Crippen molar-refractivity contribution in [2.75, 3.05) is 11.9 Å². The van der Waals surface area contributed by atoms with Crippen molar-refractivity contribution in [3.05, 3.63) is 24.0 Å². The minimum Gasteiger partial charge on any atom is -0.505 e. The molecule has 0 bridgehead atoms. The van der Waals surface area contributed by atoms with Gasteiger partial charge in [0.2, 0.25) is 5.91 Å². The summed E-state index contributed by atoms with van der Waals surface area (Å²) in [4.78, 5) is 11.7. The number of rotatable bonds is 3. The molecule has 0 heterocycles. The number of phenols is 1. The van der Waals surface area contributed by atoms with E-state index in [1.165, 1.54) is 12.1 Å². The lowest BCUT2D eigenvalue weighted by Gasteiger charge is -2.21. The van der Waals surface area contributed by atoms with E-state index in [1.54, 1.807) is 13.8 Å². The summed E-state index contributed by atoms with van der Waals surface area (Å²) in [5.74, 6) is -1.51. The number of nitrogens with two attached hydrogens (primary N) is 1. The lowest BCUT2D eigenvalue weighted by Crippen LogP contribution is -2.37. The van der Waals surface area contributed by atoms with Crippen LogP contribution in [0.3, 0.4) is 0 Å². The van der Waals surface area contributed by atoms with E-state index in [2.05, 4.69) is 5.32 Å². The quantitative estimate of drug-likeness (QED) is 0.683. The third-order valence-electron chi connectivity index (χ3n) is 2.33. The topological polar surface area (TPSA) is 75.4 Å². The fraction of sp³-hybridized carbons (Fsp3) is 0.364. The number of amides is 1. The van der Waals surface area contributed by atoms with Crippen LogP contribution in [0.5, 0.6) is 5.75 Å². The predicted octanol–water partition coefficient (Wildman–Crippen LogP) is 1.45. The molecule has 0 fully saturated rings. The standard InChI is InChI=1S/C11H15FN2O2/c1-11(2,6-13)10(16)14-7-3-4-9(15)8(12)5-7/h3-5,15H,6,13H2,1-2H3,(H,14,16). The summed E-state index contributed by atoms with van der Waals surface area (Å²) in [5, 5.41) is 11.5. The van der Waals surface area contributed by atoms with Crippen LogP contribution >= 0.6 is 0 Å². The minimum absolute atomic E-state index is 0.194. The van der Waals surface area contributed by atoms with E-state index in [-0.39, 0.29) is 12.5 Å². The van der Waals surface area contributed by atoms with Gasteiger partial charge in [-0.15, -0.1) is 0 Å². The van der Waals surface area contributed by atoms with Crippen LogP contribution in [0.1, 0.15) is 13.8 Å². The zero-order chi connectivity index (χ0) is 12.3. The SMILES string of the molecule is CC(C)(CN)C(=O)Nc1ccc(O)c(F)c1. The number of nitrogens with one attached hydrogen (secondary N) is 1. The van der Waals surface area contributed by atoms with Crippen LogP contribution < -0.4 is 11.1 Å². The molecule has 0 aliphatic heterocycles. The molecule has 0 spiro atoms. The number of hydrogen-bond acceptors (Lipinski definition) is 3. The van der Waals surface area contributed by atoms with Gasteiger partial charge in [-0.25, -0.2) is 4.39 Å². The van der Waals surface area contributed by atoms with Crippen molar-refractivity contribution >= 4 is 11.6 Å². The lowest BCUT2D eigenvalue weighted by molar-refractivity contribution is -0.123. The number of hydrogen-bond donors (Lipinski definition) is 3. The summed E-state index contributed by atoms with van der Waals surface area (Å²) in [6, 6.07) is 3.66. The molecule has 16 heavy (non-hydrogen) atoms. The second-order valence-corrected chi connectivity index (χ2v) is 4.21. The second kappa shape index (κ2) is 4.49. The van der Waals surface area contributed by atoms with Crippen molar-refractivity contribution in [2.24, 2.45) is 11.1 Å². The van der Waals surface area contributed by atoms with Gasteiger partial charge in [0.1, 0.15) is 0 Å². The zero-order valence-corrected chi connectivity index (χ0v) is 9.25. The van der Waals surface area contributed by atoms with E-state index in [1.807, 2.05) is 0 Å². The number of carbonyl (C=O) groups is 1. The zero-order valence-electron chi connectivity index (χ0n) is 9.25. The first-order valence-corrected chi connectivity index (χ1v) is 4.87. The van der Waals surface area contributed by atoms with Gasteiger partial charge in [-0.3, -0.25) is 4.79 Å². The van der Waals surface area contributed by atoms with Gasteiger partial charge in [0.05, 0.1) is 5.41 Å². The maximum Gasteiger partial charge on any atom is 0.231 e. The highest BCUT2D eigenvalue weighted by Crippen LogP contribution is 2.21. The number of benzene rings is 1. The Hall–Kier alpha value is -1.62. The first kappa shape index (κ1) is 12.4. The van der Waals surface area contributed by atoms with E-state index in [9.17, 15) is 9.18 Å². The summed E-state index contributed by atoms with van der Waals surface area (Å²) < 4.78 is 13.0. The summed E-state index contributed by atoms with van der Waals surface area (Å²) in [6.45, 7) is 3.58. The monoisotopic (exact) mass is 226 g/mol. The van der Waals surface area contributed by atoms with Gasteiger partial charge in [0.25, 0.3) is 0 Å². The highest BCUT2D eigenvalue weighted by Gasteiger charge is 2.25. The molecule has 1 rings (SSSR count). The predicted molar refractivity (Wildman–Crippen MR) is 59.5 cm³/mol. The Kier molecular flexibility index (Phi) is 3.49. The Balaban J connectivity index is 2.82. The molecule has 0 unspecified atom stereocenters. The first-order valence-electron chi connectivity index (χ1n) is 4.87. The Morgan fingerprint density at radius 3 is 2.69 bits per heavy atom. The van der Waals surface area contributed by atoms with Crippen LogP contribution in [0.25, 0.3) is 0 Å². The van der Waals surface area contributed by atoms with E-state index in [4.69, 9.17) is 10.8 Å². The van der Waals surface area contributed by atoms with E-state index in [0.717, 1.165) is 6.07 Å². The number of carbonyl (C=O) groups excluding carboxylic acids is 1. The van der Waals surface area contributed by atoms with Crippen molar-refractivity contribution in [3.8, 4) is 5.75 Å². The molecule has 0 aromatic heterocycles. The van der Waals surface area contributed by atoms with Crippen molar-refractivity contribution in [3.63, 3.8) is 0 Å². The van der Waals surface area contributed by atoms with Gasteiger partial charge in [-0.1, -0.05) is 0 Å². The van der Waals surface area contributed by atoms with Crippen LogP contribution in [0, 0.1) is 11.2 Å². The largest absolute Gasteiger partial charge is 0.505 e. The second-order valence-electron chi connectivity index (χ2n) is 4.21. The summed E-state index contributed by atoms with van der Waals surface area (Å²) in [7, 11) is 0. The molecule has 4 nitrogen and oxygen atoms in total. The molecule has 4 N–H and O–H groups in total. The Bertz CT molecular complexity index is 405. The van der Waals surface area contributed by atoms with Gasteiger partial charge < -0.3 is 16.2 Å². The molecule has 1 amide bonds. The van der Waals surface area contributed by atoms with Gasteiger partial charge in [0, 0.05) is 18.3 Å². The van der Waals surface area contributed by atoms with Gasteiger partial charge >= 0.3 is 0 Å². The molecule has 5 heteroatoms. The molecule has 0 saturated carbocycles. The van der Waals surface area contributed by atoms with Crippen LogP contribution in [-0.2, 0) is 4.79 Å². The van der Waals surface area contributed by atoms with E-state index >= 15 is 0 Å². The fourth-order valence-electron chi connectivity index (χ4n) is 0.978. The molecule has 1 aromatic rings. The Labute approximate surface area is 93.3 Å². The highest BCUT2D eigenvalue weighted by atomic mass is 19.1. The smallest absolute Gasteiger partial charge is 0.231 e. The summed E-state index contributed by atoms with van der Waals surface area (Å²) in [5.41, 5.74) is 5.02. The highest BCUT2D eigenvalue weighted by molar-refractivity contribution is 5.95. The fourth-order valence-corrected chi connectivity index (χ4v) is 0.978. The molecule has 88 valence electrons. The number of halogens is 1. The van der Waals surface area contributed by atoms with E-state index in [0.29, 0.717) is 5.69 Å². The van der Waals surface area contributed by atoms with Gasteiger partial charge in [-0.2, -0.15) is 0 Å². The molecule has 0 aliphatic rings. The maximum absolute atomic E-state index is 13.0. The lowest BCUT2D eigenvalue weighted by atomic mass is 9.92. The maximum atomic E-state index is 13.0. The number of aromatic hydroxyl groups is 1. The Morgan fingerprint density at radius 2 is 2.19 bits per heavy atom. The summed E-state index contributed by atoms with van der Waals surface area (Å²) in [6.07, 6.45) is 0. The molecule has 1 aromatic carbocycles. The molecule has 0 saturated heterocycles. The average Bonchev–Trinajstić information content (AvgIpc) is 2.23. The van der Waals surface area contributed by atoms with Crippen molar-refractivity contribution in [2.45, 2.75) is 13.8 Å². The first-order chi connectivity index (χ1) is 7.36. The van der Waals surface area contributed by atoms with Crippen molar-refractivity contribution in [1.29, 1.82) is 0 Å². The minimum atomic E-state index is -0.775. The van der Waals surface area contributed by atoms with Crippen LogP contribution in [-0.4, -0.2) is 17.6 Å². The van der Waals surface area contributed by atoms with Crippen LogP contribution in [0.4, 0.5) is 10.1 Å². The number of anilines is 1. The molecule has 0 radical (unpaired) electrons. The molecular weight excluding hydrogens is 211 g/mol.